The Morgan fingerprint density at radius 1 is 1.22 bits per heavy atom. The number of thiazole rings is 1. The molecule has 2 aliphatic carbocycles. The van der Waals surface area contributed by atoms with E-state index in [9.17, 15) is 0 Å². The minimum Gasteiger partial charge on any atom is -0.309 e. The van der Waals surface area contributed by atoms with Crippen LogP contribution >= 0.6 is 11.3 Å². The predicted molar refractivity (Wildman–Crippen MR) is 76.9 cm³/mol. The minimum absolute atomic E-state index is 0.412. The maximum absolute atomic E-state index is 4.67. The molecule has 0 spiro atoms. The Balaban J connectivity index is 1.57. The fourth-order valence-electron chi connectivity index (χ4n) is 3.12. The average molecular weight is 264 g/mol. The second-order valence-corrected chi connectivity index (χ2v) is 7.55. The Morgan fingerprint density at radius 3 is 2.28 bits per heavy atom. The van der Waals surface area contributed by atoms with Gasteiger partial charge < -0.3 is 5.32 Å². The van der Waals surface area contributed by atoms with Crippen molar-refractivity contribution in [3.63, 3.8) is 0 Å². The number of aromatic nitrogens is 1. The second-order valence-electron chi connectivity index (χ2n) is 6.14. The number of hydrogen-bond acceptors (Lipinski definition) is 3. The van der Waals surface area contributed by atoms with E-state index < -0.39 is 0 Å². The van der Waals surface area contributed by atoms with Gasteiger partial charge in [0.05, 0.1) is 10.7 Å². The number of aryl methyl sites for hydroxylation is 2. The van der Waals surface area contributed by atoms with Crippen molar-refractivity contribution in [1.29, 1.82) is 0 Å². The maximum Gasteiger partial charge on any atom is 0.0900 e. The summed E-state index contributed by atoms with van der Waals surface area (Å²) in [6.45, 7) is 7.76. The molecule has 100 valence electrons. The summed E-state index contributed by atoms with van der Waals surface area (Å²) in [4.78, 5) is 6.04. The highest BCUT2D eigenvalue weighted by atomic mass is 32.1. The van der Waals surface area contributed by atoms with Gasteiger partial charge in [-0.15, -0.1) is 11.3 Å². The Bertz CT molecular complexity index is 406. The van der Waals surface area contributed by atoms with Crippen LogP contribution in [0.25, 0.3) is 0 Å². The van der Waals surface area contributed by atoms with Crippen molar-refractivity contribution in [1.82, 2.24) is 10.3 Å². The largest absolute Gasteiger partial charge is 0.309 e. The van der Waals surface area contributed by atoms with Crippen molar-refractivity contribution < 1.29 is 0 Å². The van der Waals surface area contributed by atoms with Gasteiger partial charge in [0.2, 0.25) is 0 Å². The first-order chi connectivity index (χ1) is 8.65. The zero-order valence-electron chi connectivity index (χ0n) is 11.7. The Labute approximate surface area is 114 Å². The van der Waals surface area contributed by atoms with Gasteiger partial charge in [0.1, 0.15) is 0 Å². The summed E-state index contributed by atoms with van der Waals surface area (Å²) in [5.41, 5.74) is 1.27. The molecule has 1 atom stereocenters. The van der Waals surface area contributed by atoms with Gasteiger partial charge in [-0.05, 0) is 70.8 Å². The van der Waals surface area contributed by atoms with E-state index in [1.807, 2.05) is 11.3 Å². The predicted octanol–water partition coefficient (Wildman–Crippen LogP) is 3.85. The highest BCUT2D eigenvalue weighted by Crippen LogP contribution is 2.49. The van der Waals surface area contributed by atoms with Gasteiger partial charge in [0.15, 0.2) is 0 Å². The van der Waals surface area contributed by atoms with E-state index in [1.165, 1.54) is 47.8 Å². The van der Waals surface area contributed by atoms with Crippen LogP contribution in [0, 0.1) is 31.6 Å². The van der Waals surface area contributed by atoms with Gasteiger partial charge in [-0.2, -0.15) is 0 Å². The SMILES string of the molecule is Cc1nc(C(C)NCC(C2CC2)C2CC2)c(C)s1. The molecule has 1 aromatic rings. The van der Waals surface area contributed by atoms with Crippen molar-refractivity contribution in [2.75, 3.05) is 6.54 Å². The lowest BCUT2D eigenvalue weighted by molar-refractivity contribution is 0.360. The number of nitrogens with zero attached hydrogens (tertiary/aromatic N) is 1. The standard InChI is InChI=1S/C15H24N2S/c1-9(15-10(2)18-11(3)17-15)16-8-14(12-4-5-12)13-6-7-13/h9,12-14,16H,4-8H2,1-3H3. The molecule has 2 saturated carbocycles. The first-order valence-electron chi connectivity index (χ1n) is 7.32. The molecule has 3 heteroatoms. The first-order valence-corrected chi connectivity index (χ1v) is 8.14. The number of rotatable bonds is 6. The van der Waals surface area contributed by atoms with Crippen LogP contribution in [0.1, 0.15) is 54.2 Å². The molecule has 1 N–H and O–H groups in total. The maximum atomic E-state index is 4.67. The quantitative estimate of drug-likeness (QED) is 0.844. The van der Waals surface area contributed by atoms with Gasteiger partial charge >= 0.3 is 0 Å². The van der Waals surface area contributed by atoms with Crippen LogP contribution in [0.15, 0.2) is 0 Å². The Kier molecular flexibility index (Phi) is 3.46. The molecule has 2 nitrogen and oxygen atoms in total. The van der Waals surface area contributed by atoms with Crippen LogP contribution in [0.5, 0.6) is 0 Å². The fraction of sp³-hybridized carbons (Fsp3) is 0.800. The van der Waals surface area contributed by atoms with Gasteiger partial charge in [0, 0.05) is 10.9 Å². The second kappa shape index (κ2) is 4.93. The van der Waals surface area contributed by atoms with E-state index in [0.717, 1.165) is 17.8 Å². The molecule has 0 aromatic carbocycles. The van der Waals surface area contributed by atoms with Crippen LogP contribution in [0.3, 0.4) is 0 Å². The Hall–Kier alpha value is -0.410. The van der Waals surface area contributed by atoms with Gasteiger partial charge in [-0.3, -0.25) is 0 Å². The molecule has 3 rings (SSSR count). The van der Waals surface area contributed by atoms with Crippen LogP contribution < -0.4 is 5.32 Å². The molecule has 1 heterocycles. The molecular formula is C15H24N2S. The van der Waals surface area contributed by atoms with Crippen LogP contribution in [-0.2, 0) is 0 Å². The van der Waals surface area contributed by atoms with E-state index in [0.29, 0.717) is 6.04 Å². The molecule has 2 fully saturated rings. The molecule has 0 amide bonds. The number of nitrogens with one attached hydrogen (secondary N) is 1. The van der Waals surface area contributed by atoms with Gasteiger partial charge in [0.25, 0.3) is 0 Å². The summed E-state index contributed by atoms with van der Waals surface area (Å²) >= 11 is 1.82. The van der Waals surface area contributed by atoms with E-state index in [-0.39, 0.29) is 0 Å². The van der Waals surface area contributed by atoms with E-state index >= 15 is 0 Å². The molecule has 1 unspecified atom stereocenters. The zero-order chi connectivity index (χ0) is 12.7. The van der Waals surface area contributed by atoms with Crippen molar-refractivity contribution in [3.05, 3.63) is 15.6 Å². The summed E-state index contributed by atoms with van der Waals surface area (Å²) < 4.78 is 0. The van der Waals surface area contributed by atoms with Gasteiger partial charge in [-0.1, -0.05) is 0 Å². The highest BCUT2D eigenvalue weighted by Gasteiger charge is 2.41. The lowest BCUT2D eigenvalue weighted by Gasteiger charge is -2.20. The summed E-state index contributed by atoms with van der Waals surface area (Å²) in [6, 6.07) is 0.412. The smallest absolute Gasteiger partial charge is 0.0900 e. The first kappa shape index (κ1) is 12.6. The fourth-order valence-corrected chi connectivity index (χ4v) is 4.04. The zero-order valence-corrected chi connectivity index (χ0v) is 12.5. The third kappa shape index (κ3) is 2.77. The van der Waals surface area contributed by atoms with Crippen molar-refractivity contribution >= 4 is 11.3 Å². The van der Waals surface area contributed by atoms with Crippen LogP contribution in [0.2, 0.25) is 0 Å². The Morgan fingerprint density at radius 2 is 1.83 bits per heavy atom. The third-order valence-corrected chi connectivity index (χ3v) is 5.37. The summed E-state index contributed by atoms with van der Waals surface area (Å²) in [7, 11) is 0. The topological polar surface area (TPSA) is 24.9 Å². The average Bonchev–Trinajstić information content (AvgIpc) is 3.19. The van der Waals surface area contributed by atoms with Gasteiger partial charge in [-0.25, -0.2) is 4.98 Å². The molecule has 0 aliphatic heterocycles. The van der Waals surface area contributed by atoms with Crippen molar-refractivity contribution in [3.8, 4) is 0 Å². The van der Waals surface area contributed by atoms with Crippen molar-refractivity contribution in [2.45, 2.75) is 52.5 Å². The molecule has 0 bridgehead atoms. The van der Waals surface area contributed by atoms with Crippen LogP contribution in [0.4, 0.5) is 0 Å². The van der Waals surface area contributed by atoms with E-state index in [2.05, 4.69) is 31.1 Å². The van der Waals surface area contributed by atoms with Crippen molar-refractivity contribution in [2.24, 2.45) is 17.8 Å². The molecule has 18 heavy (non-hydrogen) atoms. The van der Waals surface area contributed by atoms with E-state index in [1.54, 1.807) is 0 Å². The summed E-state index contributed by atoms with van der Waals surface area (Å²) in [6.07, 6.45) is 5.91. The third-order valence-electron chi connectivity index (χ3n) is 4.46. The lowest BCUT2D eigenvalue weighted by Crippen LogP contribution is -2.28. The molecule has 2 aliphatic rings. The van der Waals surface area contributed by atoms with E-state index in [4.69, 9.17) is 0 Å². The molecule has 1 aromatic heterocycles. The normalized spacial score (nSPS) is 21.6. The summed E-state index contributed by atoms with van der Waals surface area (Å²) in [5, 5.41) is 4.93. The monoisotopic (exact) mass is 264 g/mol. The van der Waals surface area contributed by atoms with Crippen LogP contribution in [-0.4, -0.2) is 11.5 Å². The lowest BCUT2D eigenvalue weighted by atomic mass is 9.97. The highest BCUT2D eigenvalue weighted by molar-refractivity contribution is 7.11. The summed E-state index contributed by atoms with van der Waals surface area (Å²) in [5.74, 6) is 3.03. The molecular weight excluding hydrogens is 240 g/mol. The molecule has 0 saturated heterocycles. The minimum atomic E-state index is 0.412. The molecule has 0 radical (unpaired) electrons. The number of hydrogen-bond donors (Lipinski definition) is 1.